The second kappa shape index (κ2) is 10.1. The number of rotatable bonds is 8. The normalized spacial score (nSPS) is 16.1. The Morgan fingerprint density at radius 2 is 2.07 bits per heavy atom. The van der Waals surface area contributed by atoms with E-state index >= 15 is 0 Å². The predicted octanol–water partition coefficient (Wildman–Crippen LogP) is 3.43. The minimum absolute atomic E-state index is 0.0199. The molecule has 1 heterocycles. The standard InChI is InChI=1S/C21H30N2O4/c1-5-6-13-27-21(25)23(4)15-20-18-9-7-8-17(16(18)11-14-26-20)19(24)10-12-22(2)3/h7-10,12,20H,5-6,11,13-15H2,1-4H3/b12-10+/t20-/m0/s1. The number of likely N-dealkylation sites (N-methyl/N-ethyl adjacent to an activating group) is 1. The van der Waals surface area contributed by atoms with Crippen LogP contribution >= 0.6 is 0 Å². The molecule has 0 aromatic heterocycles. The van der Waals surface area contributed by atoms with E-state index in [0.717, 1.165) is 24.0 Å². The van der Waals surface area contributed by atoms with E-state index < -0.39 is 0 Å². The van der Waals surface area contributed by atoms with E-state index in [1.165, 1.54) is 4.90 Å². The Balaban J connectivity index is 2.13. The van der Waals surface area contributed by atoms with Crippen LogP contribution in [0.5, 0.6) is 0 Å². The van der Waals surface area contributed by atoms with Gasteiger partial charge in [-0.2, -0.15) is 0 Å². The zero-order valence-corrected chi connectivity index (χ0v) is 16.7. The van der Waals surface area contributed by atoms with Crippen molar-refractivity contribution in [3.63, 3.8) is 0 Å². The first kappa shape index (κ1) is 21.0. The molecular weight excluding hydrogens is 344 g/mol. The molecule has 1 aromatic rings. The first-order valence-electron chi connectivity index (χ1n) is 9.44. The summed E-state index contributed by atoms with van der Waals surface area (Å²) in [6, 6.07) is 5.70. The molecule has 1 aliphatic rings. The third-order valence-corrected chi connectivity index (χ3v) is 4.49. The molecule has 27 heavy (non-hydrogen) atoms. The SMILES string of the molecule is CCCCOC(=O)N(C)C[C@@H]1OCCc2c(C(=O)/C=C/N(C)C)cccc21. The molecule has 0 aliphatic carbocycles. The van der Waals surface area contributed by atoms with Gasteiger partial charge >= 0.3 is 6.09 Å². The van der Waals surface area contributed by atoms with Gasteiger partial charge in [0.2, 0.25) is 0 Å². The van der Waals surface area contributed by atoms with Crippen LogP contribution in [0.4, 0.5) is 4.79 Å². The van der Waals surface area contributed by atoms with Gasteiger partial charge in [-0.15, -0.1) is 0 Å². The summed E-state index contributed by atoms with van der Waals surface area (Å²) < 4.78 is 11.2. The summed E-state index contributed by atoms with van der Waals surface area (Å²) in [5.41, 5.74) is 2.68. The van der Waals surface area contributed by atoms with Gasteiger partial charge in [-0.25, -0.2) is 4.79 Å². The molecule has 0 N–H and O–H groups in total. The summed E-state index contributed by atoms with van der Waals surface area (Å²) in [4.78, 5) is 28.0. The fourth-order valence-electron chi connectivity index (χ4n) is 3.00. The van der Waals surface area contributed by atoms with Crippen molar-refractivity contribution in [2.75, 3.05) is 40.9 Å². The fourth-order valence-corrected chi connectivity index (χ4v) is 3.00. The largest absolute Gasteiger partial charge is 0.449 e. The number of ether oxygens (including phenoxy) is 2. The lowest BCUT2D eigenvalue weighted by Gasteiger charge is -2.30. The van der Waals surface area contributed by atoms with Gasteiger partial charge in [0.05, 0.1) is 19.8 Å². The molecule has 0 unspecified atom stereocenters. The zero-order chi connectivity index (χ0) is 19.8. The van der Waals surface area contributed by atoms with Crippen molar-refractivity contribution in [1.82, 2.24) is 9.80 Å². The van der Waals surface area contributed by atoms with E-state index in [0.29, 0.717) is 31.7 Å². The maximum absolute atomic E-state index is 12.6. The maximum Gasteiger partial charge on any atom is 0.409 e. The van der Waals surface area contributed by atoms with Crippen LogP contribution in [0.2, 0.25) is 0 Å². The highest BCUT2D eigenvalue weighted by molar-refractivity contribution is 6.05. The maximum atomic E-state index is 12.6. The molecular formula is C21H30N2O4. The lowest BCUT2D eigenvalue weighted by Crippen LogP contribution is -2.34. The second-order valence-electron chi connectivity index (χ2n) is 6.97. The Labute approximate surface area is 161 Å². The van der Waals surface area contributed by atoms with Crippen LogP contribution in [0.25, 0.3) is 0 Å². The Morgan fingerprint density at radius 3 is 2.78 bits per heavy atom. The molecule has 0 spiro atoms. The molecule has 6 nitrogen and oxygen atoms in total. The van der Waals surface area contributed by atoms with Gasteiger partial charge in [0.1, 0.15) is 6.10 Å². The molecule has 2 rings (SSSR count). The number of ketones is 1. The molecule has 0 radical (unpaired) electrons. The van der Waals surface area contributed by atoms with E-state index in [1.54, 1.807) is 19.3 Å². The summed E-state index contributed by atoms with van der Waals surface area (Å²) in [6.45, 7) is 3.40. The minimum atomic E-state index is -0.347. The molecule has 0 saturated heterocycles. The number of allylic oxidation sites excluding steroid dienone is 1. The van der Waals surface area contributed by atoms with Gasteiger partial charge < -0.3 is 19.3 Å². The highest BCUT2D eigenvalue weighted by Gasteiger charge is 2.27. The summed E-state index contributed by atoms with van der Waals surface area (Å²) in [6.07, 6.45) is 5.25. The molecule has 6 heteroatoms. The van der Waals surface area contributed by atoms with E-state index in [9.17, 15) is 9.59 Å². The zero-order valence-electron chi connectivity index (χ0n) is 16.7. The van der Waals surface area contributed by atoms with Crippen molar-refractivity contribution in [2.24, 2.45) is 0 Å². The number of fused-ring (bicyclic) bond motifs is 1. The van der Waals surface area contributed by atoms with Gasteiger partial charge in [-0.3, -0.25) is 4.79 Å². The monoisotopic (exact) mass is 374 g/mol. The Kier molecular flexibility index (Phi) is 7.85. The first-order valence-corrected chi connectivity index (χ1v) is 9.44. The Bertz CT molecular complexity index is 685. The van der Waals surface area contributed by atoms with Crippen LogP contribution in [0, 0.1) is 0 Å². The number of carbonyl (C=O) groups excluding carboxylic acids is 2. The highest BCUT2D eigenvalue weighted by Crippen LogP contribution is 2.30. The molecule has 1 atom stereocenters. The van der Waals surface area contributed by atoms with Crippen LogP contribution in [0.15, 0.2) is 30.5 Å². The number of amides is 1. The van der Waals surface area contributed by atoms with Crippen LogP contribution in [0.1, 0.15) is 47.4 Å². The van der Waals surface area contributed by atoms with Crippen molar-refractivity contribution in [3.8, 4) is 0 Å². The van der Waals surface area contributed by atoms with E-state index in [1.807, 2.05) is 37.2 Å². The topological polar surface area (TPSA) is 59.1 Å². The van der Waals surface area contributed by atoms with E-state index in [4.69, 9.17) is 9.47 Å². The summed E-state index contributed by atoms with van der Waals surface area (Å²) >= 11 is 0. The molecule has 1 aromatic carbocycles. The van der Waals surface area contributed by atoms with Gasteiger partial charge in [0.25, 0.3) is 0 Å². The van der Waals surface area contributed by atoms with Crippen LogP contribution in [-0.4, -0.2) is 62.6 Å². The Hall–Kier alpha value is -2.34. The summed E-state index contributed by atoms with van der Waals surface area (Å²) in [7, 11) is 5.47. The van der Waals surface area contributed by atoms with Gasteiger partial charge in [0, 0.05) is 39.0 Å². The molecule has 0 fully saturated rings. The Morgan fingerprint density at radius 1 is 1.30 bits per heavy atom. The van der Waals surface area contributed by atoms with Crippen LogP contribution < -0.4 is 0 Å². The predicted molar refractivity (Wildman–Crippen MR) is 105 cm³/mol. The minimum Gasteiger partial charge on any atom is -0.449 e. The number of benzene rings is 1. The number of nitrogens with zero attached hydrogens (tertiary/aromatic N) is 2. The summed E-state index contributed by atoms with van der Waals surface area (Å²) in [5.74, 6) is -0.0199. The van der Waals surface area contributed by atoms with Crippen molar-refractivity contribution in [1.29, 1.82) is 0 Å². The number of unbranched alkanes of at least 4 members (excludes halogenated alkanes) is 1. The van der Waals surface area contributed by atoms with Crippen LogP contribution in [-0.2, 0) is 15.9 Å². The average Bonchev–Trinajstić information content (AvgIpc) is 2.66. The lowest BCUT2D eigenvalue weighted by molar-refractivity contribution is 0.0177. The van der Waals surface area contributed by atoms with E-state index in [-0.39, 0.29) is 18.0 Å². The molecule has 0 bridgehead atoms. The quantitative estimate of drug-likeness (QED) is 0.396. The molecule has 0 saturated carbocycles. The van der Waals surface area contributed by atoms with E-state index in [2.05, 4.69) is 6.92 Å². The first-order chi connectivity index (χ1) is 12.9. The molecule has 1 aliphatic heterocycles. The third-order valence-electron chi connectivity index (χ3n) is 4.49. The molecule has 148 valence electrons. The highest BCUT2D eigenvalue weighted by atomic mass is 16.6. The molecule has 1 amide bonds. The summed E-state index contributed by atoms with van der Waals surface area (Å²) in [5, 5.41) is 0. The van der Waals surface area contributed by atoms with Crippen LogP contribution in [0.3, 0.4) is 0 Å². The second-order valence-corrected chi connectivity index (χ2v) is 6.97. The average molecular weight is 374 g/mol. The lowest BCUT2D eigenvalue weighted by atomic mass is 9.91. The van der Waals surface area contributed by atoms with Crippen molar-refractivity contribution in [3.05, 3.63) is 47.2 Å². The fraction of sp³-hybridized carbons (Fsp3) is 0.524. The number of hydrogen-bond acceptors (Lipinski definition) is 5. The smallest absolute Gasteiger partial charge is 0.409 e. The van der Waals surface area contributed by atoms with Crippen molar-refractivity contribution < 1.29 is 19.1 Å². The van der Waals surface area contributed by atoms with Crippen molar-refractivity contribution in [2.45, 2.75) is 32.3 Å². The third kappa shape index (κ3) is 5.82. The van der Waals surface area contributed by atoms with Gasteiger partial charge in [0.15, 0.2) is 5.78 Å². The van der Waals surface area contributed by atoms with Gasteiger partial charge in [-0.1, -0.05) is 31.5 Å². The van der Waals surface area contributed by atoms with Crippen molar-refractivity contribution >= 4 is 11.9 Å². The number of hydrogen-bond donors (Lipinski definition) is 0. The number of carbonyl (C=O) groups is 2. The van der Waals surface area contributed by atoms with Gasteiger partial charge in [-0.05, 0) is 24.0 Å².